The summed E-state index contributed by atoms with van der Waals surface area (Å²) in [5, 5.41) is 11.2. The van der Waals surface area contributed by atoms with Crippen molar-refractivity contribution in [2.24, 2.45) is 11.3 Å². The van der Waals surface area contributed by atoms with E-state index in [1.807, 2.05) is 12.1 Å². The fourth-order valence-electron chi connectivity index (χ4n) is 3.23. The highest BCUT2D eigenvalue weighted by Crippen LogP contribution is 2.37. The molecule has 1 aliphatic rings. The van der Waals surface area contributed by atoms with Gasteiger partial charge in [-0.3, -0.25) is 4.98 Å². The maximum absolute atomic E-state index is 9.21. The van der Waals surface area contributed by atoms with Gasteiger partial charge in [0.1, 0.15) is 5.75 Å². The molecule has 0 radical (unpaired) electrons. The summed E-state index contributed by atoms with van der Waals surface area (Å²) in [4.78, 5) is 4.14. The molecule has 0 amide bonds. The molecule has 0 atom stereocenters. The monoisotopic (exact) mass is 311 g/mol. The number of phenols is 1. The third kappa shape index (κ3) is 5.09. The molecule has 1 aromatic carbocycles. The van der Waals surface area contributed by atoms with Crippen molar-refractivity contribution in [2.75, 3.05) is 0 Å². The Kier molecular flexibility index (Phi) is 5.81. The summed E-state index contributed by atoms with van der Waals surface area (Å²) in [6.45, 7) is 10.8. The number of aromatic hydroxyl groups is 1. The summed E-state index contributed by atoms with van der Waals surface area (Å²) >= 11 is 0. The van der Waals surface area contributed by atoms with E-state index >= 15 is 0 Å². The summed E-state index contributed by atoms with van der Waals surface area (Å²) in [5.41, 5.74) is 1.42. The number of phenolic OH excluding ortho intramolecular Hbond substituents is 1. The van der Waals surface area contributed by atoms with Crippen molar-refractivity contribution in [3.05, 3.63) is 42.7 Å². The van der Waals surface area contributed by atoms with Gasteiger partial charge in [-0.25, -0.2) is 0 Å². The van der Waals surface area contributed by atoms with Gasteiger partial charge in [0, 0.05) is 11.6 Å². The highest BCUT2D eigenvalue weighted by Gasteiger charge is 2.25. The van der Waals surface area contributed by atoms with E-state index in [4.69, 9.17) is 0 Å². The van der Waals surface area contributed by atoms with E-state index in [1.54, 1.807) is 24.4 Å². The lowest BCUT2D eigenvalue weighted by molar-refractivity contribution is 0.180. The summed E-state index contributed by atoms with van der Waals surface area (Å²) in [6, 6.07) is 7.14. The van der Waals surface area contributed by atoms with Gasteiger partial charge in [-0.15, -0.1) is 0 Å². The van der Waals surface area contributed by atoms with Crippen LogP contribution in [0, 0.1) is 11.3 Å². The van der Waals surface area contributed by atoms with Crippen LogP contribution in [0.25, 0.3) is 16.8 Å². The molecule has 0 bridgehead atoms. The highest BCUT2D eigenvalue weighted by atomic mass is 16.3. The molecule has 23 heavy (non-hydrogen) atoms. The zero-order chi connectivity index (χ0) is 16.9. The van der Waals surface area contributed by atoms with Crippen LogP contribution in [0.5, 0.6) is 5.75 Å². The van der Waals surface area contributed by atoms with Crippen LogP contribution >= 0.6 is 0 Å². The van der Waals surface area contributed by atoms with E-state index < -0.39 is 0 Å². The zero-order valence-electron chi connectivity index (χ0n) is 14.7. The van der Waals surface area contributed by atoms with Crippen LogP contribution in [0.4, 0.5) is 0 Å². The van der Waals surface area contributed by atoms with E-state index in [2.05, 4.69) is 32.3 Å². The fourth-order valence-corrected chi connectivity index (χ4v) is 3.23. The lowest BCUT2D eigenvalue weighted by atomic mass is 9.72. The molecule has 1 saturated carbocycles. The quantitative estimate of drug-likeness (QED) is 0.680. The predicted octanol–water partition coefficient (Wildman–Crippen LogP) is 6.20. The van der Waals surface area contributed by atoms with E-state index in [0.29, 0.717) is 5.41 Å². The molecule has 3 rings (SSSR count). The molecule has 2 heteroatoms. The minimum Gasteiger partial charge on any atom is -0.508 e. The Morgan fingerprint density at radius 1 is 1.09 bits per heavy atom. The molecule has 2 nitrogen and oxygen atoms in total. The predicted molar refractivity (Wildman–Crippen MR) is 99.5 cm³/mol. The molecule has 1 aromatic heterocycles. The Labute approximate surface area is 140 Å². The van der Waals surface area contributed by atoms with Gasteiger partial charge in [-0.05, 0) is 53.8 Å². The highest BCUT2D eigenvalue weighted by molar-refractivity contribution is 5.84. The number of benzene rings is 1. The van der Waals surface area contributed by atoms with Crippen LogP contribution in [0.2, 0.25) is 0 Å². The molecule has 0 aliphatic heterocycles. The van der Waals surface area contributed by atoms with Gasteiger partial charge in [0.15, 0.2) is 0 Å². The third-order valence-corrected chi connectivity index (χ3v) is 4.77. The normalized spacial score (nSPS) is 15.8. The molecule has 1 heterocycles. The van der Waals surface area contributed by atoms with Crippen molar-refractivity contribution < 1.29 is 5.11 Å². The first-order chi connectivity index (χ1) is 10.9. The number of hydrogen-bond acceptors (Lipinski definition) is 2. The second kappa shape index (κ2) is 7.63. The number of aromatic nitrogens is 1. The third-order valence-electron chi connectivity index (χ3n) is 4.77. The van der Waals surface area contributed by atoms with Crippen LogP contribution in [-0.2, 0) is 0 Å². The van der Waals surface area contributed by atoms with Crippen molar-refractivity contribution in [2.45, 2.75) is 52.9 Å². The lowest BCUT2D eigenvalue weighted by Crippen LogP contribution is -2.22. The molecule has 0 spiro atoms. The molecule has 1 aliphatic carbocycles. The number of hydrogen-bond donors (Lipinski definition) is 1. The molecule has 1 N–H and O–H groups in total. The fraction of sp³-hybridized carbons (Fsp3) is 0.476. The first kappa shape index (κ1) is 17.5. The lowest BCUT2D eigenvalue weighted by Gasteiger charge is -2.33. The number of rotatable bonds is 1. The van der Waals surface area contributed by atoms with Gasteiger partial charge in [0.25, 0.3) is 0 Å². The average molecular weight is 311 g/mol. The molecule has 2 aromatic rings. The number of pyridine rings is 1. The first-order valence-corrected chi connectivity index (χ1v) is 8.61. The van der Waals surface area contributed by atoms with Crippen molar-refractivity contribution in [1.82, 2.24) is 4.98 Å². The molecule has 124 valence electrons. The summed E-state index contributed by atoms with van der Waals surface area (Å²) < 4.78 is 0. The minimum atomic E-state index is 0.264. The van der Waals surface area contributed by atoms with E-state index in [1.165, 1.54) is 32.1 Å². The van der Waals surface area contributed by atoms with Crippen LogP contribution < -0.4 is 0 Å². The second-order valence-corrected chi connectivity index (χ2v) is 7.55. The maximum atomic E-state index is 9.21. The Bertz CT molecular complexity index is 648. The van der Waals surface area contributed by atoms with Crippen molar-refractivity contribution >= 4 is 16.8 Å². The van der Waals surface area contributed by atoms with Gasteiger partial charge in [-0.1, -0.05) is 52.7 Å². The van der Waals surface area contributed by atoms with E-state index in [9.17, 15) is 5.11 Å². The Morgan fingerprint density at radius 3 is 2.35 bits per heavy atom. The van der Waals surface area contributed by atoms with Gasteiger partial charge in [0.05, 0.1) is 5.69 Å². The maximum Gasteiger partial charge on any atom is 0.116 e. The largest absolute Gasteiger partial charge is 0.508 e. The minimum absolute atomic E-state index is 0.264. The number of fused-ring (bicyclic) bond motifs is 1. The van der Waals surface area contributed by atoms with Gasteiger partial charge < -0.3 is 5.11 Å². The molecular weight excluding hydrogens is 282 g/mol. The van der Waals surface area contributed by atoms with Crippen molar-refractivity contribution in [3.8, 4) is 5.75 Å². The molecule has 0 saturated heterocycles. The Morgan fingerprint density at radius 2 is 1.78 bits per heavy atom. The van der Waals surface area contributed by atoms with Crippen molar-refractivity contribution in [1.29, 1.82) is 0 Å². The topological polar surface area (TPSA) is 33.1 Å². The zero-order valence-corrected chi connectivity index (χ0v) is 14.7. The molecular formula is C21H29NO. The summed E-state index contributed by atoms with van der Waals surface area (Å²) in [6.07, 6.45) is 10.8. The number of nitrogens with zero attached hydrogens (tertiary/aromatic N) is 1. The first-order valence-electron chi connectivity index (χ1n) is 8.61. The Balaban J connectivity index is 0.000000174. The summed E-state index contributed by atoms with van der Waals surface area (Å²) in [7, 11) is 0. The Hall–Kier alpha value is -1.83. The van der Waals surface area contributed by atoms with Crippen LogP contribution in [0.15, 0.2) is 37.0 Å². The van der Waals surface area contributed by atoms with Crippen molar-refractivity contribution in [3.63, 3.8) is 0 Å². The van der Waals surface area contributed by atoms with Crippen LogP contribution in [-0.4, -0.2) is 10.1 Å². The van der Waals surface area contributed by atoms with Gasteiger partial charge >= 0.3 is 0 Å². The molecule has 1 fully saturated rings. The molecule has 0 unspecified atom stereocenters. The summed E-state index contributed by atoms with van der Waals surface area (Å²) in [5.74, 6) is 1.27. The average Bonchev–Trinajstić information content (AvgIpc) is 2.55. The van der Waals surface area contributed by atoms with E-state index in [-0.39, 0.29) is 5.75 Å². The smallest absolute Gasteiger partial charge is 0.116 e. The SMILES string of the molecule is C=Cc1cc2ccc(O)cc2cn1.CC(C)(C)C1CCCCC1. The van der Waals surface area contributed by atoms with Crippen LogP contribution in [0.3, 0.4) is 0 Å². The van der Waals surface area contributed by atoms with E-state index in [0.717, 1.165) is 22.4 Å². The van der Waals surface area contributed by atoms with Crippen LogP contribution in [0.1, 0.15) is 58.6 Å². The van der Waals surface area contributed by atoms with Gasteiger partial charge in [-0.2, -0.15) is 0 Å². The van der Waals surface area contributed by atoms with Gasteiger partial charge in [0.2, 0.25) is 0 Å². The second-order valence-electron chi connectivity index (χ2n) is 7.55. The standard InChI is InChI=1S/C11H9NO.C10H20/c1-2-10-5-8-3-4-11(13)6-9(8)7-12-10;1-10(2,3)9-7-5-4-6-8-9/h2-7,13H,1H2;9H,4-8H2,1-3H3.